The Bertz CT molecular complexity index is 817. The van der Waals surface area contributed by atoms with Crippen LogP contribution in [0.15, 0.2) is 59.1 Å². The molecule has 0 aliphatic carbocycles. The maximum atomic E-state index is 13.4. The molecule has 0 bridgehead atoms. The van der Waals surface area contributed by atoms with Crippen molar-refractivity contribution in [2.75, 3.05) is 0 Å². The van der Waals surface area contributed by atoms with E-state index in [-0.39, 0.29) is 0 Å². The SMILES string of the molecule is Fc1ccc(C(Cl)c2ccc(Br)c3ccccc23)cc1F. The Balaban J connectivity index is 2.15. The average Bonchev–Trinajstić information content (AvgIpc) is 2.50. The highest BCUT2D eigenvalue weighted by Gasteiger charge is 2.16. The lowest BCUT2D eigenvalue weighted by atomic mass is 9.98. The molecule has 3 rings (SSSR count). The Morgan fingerprint density at radius 3 is 2.29 bits per heavy atom. The fourth-order valence-corrected chi connectivity index (χ4v) is 3.16. The lowest BCUT2D eigenvalue weighted by Gasteiger charge is -2.14. The molecule has 0 radical (unpaired) electrons. The standard InChI is InChI=1S/C17H10BrClF2/c18-14-7-6-13(11-3-1-2-4-12(11)14)17(19)10-5-8-15(20)16(21)9-10/h1-9,17H. The Hall–Kier alpha value is -1.45. The monoisotopic (exact) mass is 366 g/mol. The van der Waals surface area contributed by atoms with E-state index in [4.69, 9.17) is 11.6 Å². The molecule has 0 amide bonds. The van der Waals surface area contributed by atoms with E-state index in [1.54, 1.807) is 0 Å². The van der Waals surface area contributed by atoms with Crippen LogP contribution in [0.4, 0.5) is 8.78 Å². The van der Waals surface area contributed by atoms with Crippen molar-refractivity contribution in [3.8, 4) is 0 Å². The maximum Gasteiger partial charge on any atom is 0.159 e. The molecule has 0 aliphatic heterocycles. The average molecular weight is 368 g/mol. The molecule has 3 aromatic rings. The first-order chi connectivity index (χ1) is 10.1. The van der Waals surface area contributed by atoms with Gasteiger partial charge in [0.2, 0.25) is 0 Å². The van der Waals surface area contributed by atoms with Crippen molar-refractivity contribution in [3.63, 3.8) is 0 Å². The zero-order valence-electron chi connectivity index (χ0n) is 10.8. The van der Waals surface area contributed by atoms with E-state index in [1.165, 1.54) is 6.07 Å². The van der Waals surface area contributed by atoms with Gasteiger partial charge in [-0.15, -0.1) is 11.6 Å². The van der Waals surface area contributed by atoms with Crippen LogP contribution in [-0.2, 0) is 0 Å². The van der Waals surface area contributed by atoms with Crippen molar-refractivity contribution in [2.24, 2.45) is 0 Å². The van der Waals surface area contributed by atoms with Crippen LogP contribution < -0.4 is 0 Å². The summed E-state index contributed by atoms with van der Waals surface area (Å²) in [5, 5.41) is 1.47. The van der Waals surface area contributed by atoms with Crippen molar-refractivity contribution in [1.29, 1.82) is 0 Å². The fraction of sp³-hybridized carbons (Fsp3) is 0.0588. The Morgan fingerprint density at radius 1 is 0.857 bits per heavy atom. The van der Waals surface area contributed by atoms with E-state index in [2.05, 4.69) is 15.9 Å². The van der Waals surface area contributed by atoms with Gasteiger partial charge in [0.15, 0.2) is 11.6 Å². The van der Waals surface area contributed by atoms with Gasteiger partial charge in [-0.05, 0) is 40.1 Å². The van der Waals surface area contributed by atoms with Crippen LogP contribution in [-0.4, -0.2) is 0 Å². The number of rotatable bonds is 2. The molecule has 4 heteroatoms. The first-order valence-corrected chi connectivity index (χ1v) is 7.57. The van der Waals surface area contributed by atoms with Crippen LogP contribution in [0.2, 0.25) is 0 Å². The van der Waals surface area contributed by atoms with Crippen LogP contribution in [0, 0.1) is 11.6 Å². The summed E-state index contributed by atoms with van der Waals surface area (Å²) in [7, 11) is 0. The molecule has 0 spiro atoms. The lowest BCUT2D eigenvalue weighted by molar-refractivity contribution is 0.507. The number of hydrogen-bond donors (Lipinski definition) is 0. The highest BCUT2D eigenvalue weighted by molar-refractivity contribution is 9.10. The molecule has 0 heterocycles. The second-order valence-electron chi connectivity index (χ2n) is 4.72. The molecule has 0 aromatic heterocycles. The van der Waals surface area contributed by atoms with Gasteiger partial charge in [-0.1, -0.05) is 52.3 Å². The summed E-state index contributed by atoms with van der Waals surface area (Å²) >= 11 is 9.99. The van der Waals surface area contributed by atoms with E-state index < -0.39 is 17.0 Å². The van der Waals surface area contributed by atoms with Crippen LogP contribution >= 0.6 is 27.5 Å². The third-order valence-electron chi connectivity index (χ3n) is 3.41. The van der Waals surface area contributed by atoms with Gasteiger partial charge in [0.25, 0.3) is 0 Å². The zero-order chi connectivity index (χ0) is 15.0. The van der Waals surface area contributed by atoms with E-state index >= 15 is 0 Å². The zero-order valence-corrected chi connectivity index (χ0v) is 13.1. The number of fused-ring (bicyclic) bond motifs is 1. The number of benzene rings is 3. The molecule has 0 nitrogen and oxygen atoms in total. The minimum absolute atomic E-state index is 0.531. The van der Waals surface area contributed by atoms with Gasteiger partial charge in [-0.2, -0.15) is 0 Å². The molecule has 0 saturated heterocycles. The van der Waals surface area contributed by atoms with Gasteiger partial charge in [-0.25, -0.2) is 8.78 Å². The van der Waals surface area contributed by atoms with Crippen molar-refractivity contribution < 1.29 is 8.78 Å². The molecule has 1 atom stereocenters. The molecule has 0 saturated carbocycles. The molecular formula is C17H10BrClF2. The largest absolute Gasteiger partial charge is 0.204 e. The summed E-state index contributed by atoms with van der Waals surface area (Å²) in [5.74, 6) is -1.76. The summed E-state index contributed by atoms with van der Waals surface area (Å²) in [4.78, 5) is 0. The van der Waals surface area contributed by atoms with Crippen LogP contribution in [0.1, 0.15) is 16.5 Å². The normalized spacial score (nSPS) is 12.6. The van der Waals surface area contributed by atoms with Crippen LogP contribution in [0.5, 0.6) is 0 Å². The third kappa shape index (κ3) is 2.68. The smallest absolute Gasteiger partial charge is 0.159 e. The number of alkyl halides is 1. The molecule has 1 unspecified atom stereocenters. The van der Waals surface area contributed by atoms with Crippen molar-refractivity contribution in [3.05, 3.63) is 81.8 Å². The van der Waals surface area contributed by atoms with Gasteiger partial charge in [-0.3, -0.25) is 0 Å². The third-order valence-corrected chi connectivity index (χ3v) is 4.59. The molecule has 3 aromatic carbocycles. The number of halogens is 4. The molecular weight excluding hydrogens is 358 g/mol. The first kappa shape index (κ1) is 14.5. The van der Waals surface area contributed by atoms with Gasteiger partial charge in [0.1, 0.15) is 0 Å². The summed E-state index contributed by atoms with van der Waals surface area (Å²) in [6.07, 6.45) is 0. The van der Waals surface area contributed by atoms with E-state index in [0.717, 1.165) is 32.9 Å². The summed E-state index contributed by atoms with van der Waals surface area (Å²) in [5.41, 5.74) is 1.39. The van der Waals surface area contributed by atoms with Gasteiger partial charge >= 0.3 is 0 Å². The molecule has 106 valence electrons. The second-order valence-corrected chi connectivity index (χ2v) is 6.01. The van der Waals surface area contributed by atoms with Crippen molar-refractivity contribution in [1.82, 2.24) is 0 Å². The van der Waals surface area contributed by atoms with Crippen molar-refractivity contribution >= 4 is 38.3 Å². The van der Waals surface area contributed by atoms with Crippen LogP contribution in [0.25, 0.3) is 10.8 Å². The quantitative estimate of drug-likeness (QED) is 0.472. The molecule has 21 heavy (non-hydrogen) atoms. The minimum atomic E-state index is -0.889. The van der Waals surface area contributed by atoms with Crippen molar-refractivity contribution in [2.45, 2.75) is 5.38 Å². The van der Waals surface area contributed by atoms with E-state index in [9.17, 15) is 8.78 Å². The Kier molecular flexibility index (Phi) is 3.96. The Labute approximate surface area is 134 Å². The highest BCUT2D eigenvalue weighted by Crippen LogP contribution is 2.36. The second kappa shape index (κ2) is 5.74. The Morgan fingerprint density at radius 2 is 1.57 bits per heavy atom. The minimum Gasteiger partial charge on any atom is -0.204 e. The summed E-state index contributed by atoms with van der Waals surface area (Å²) in [6.45, 7) is 0. The number of hydrogen-bond acceptors (Lipinski definition) is 0. The summed E-state index contributed by atoms with van der Waals surface area (Å²) < 4.78 is 27.4. The predicted molar refractivity (Wildman–Crippen MR) is 85.7 cm³/mol. The van der Waals surface area contributed by atoms with E-state index in [1.807, 2.05) is 36.4 Å². The topological polar surface area (TPSA) is 0 Å². The van der Waals surface area contributed by atoms with Gasteiger partial charge in [0, 0.05) is 4.47 Å². The molecule has 0 aliphatic rings. The summed E-state index contributed by atoms with van der Waals surface area (Å²) in [6, 6.07) is 15.4. The van der Waals surface area contributed by atoms with E-state index in [0.29, 0.717) is 5.56 Å². The first-order valence-electron chi connectivity index (χ1n) is 6.34. The maximum absolute atomic E-state index is 13.4. The van der Waals surface area contributed by atoms with Gasteiger partial charge < -0.3 is 0 Å². The van der Waals surface area contributed by atoms with Crippen LogP contribution in [0.3, 0.4) is 0 Å². The van der Waals surface area contributed by atoms with Gasteiger partial charge in [0.05, 0.1) is 5.38 Å². The fourth-order valence-electron chi connectivity index (χ4n) is 2.36. The lowest BCUT2D eigenvalue weighted by Crippen LogP contribution is -1.97. The molecule has 0 N–H and O–H groups in total. The predicted octanol–water partition coefficient (Wildman–Crippen LogP) is 6.21. The highest BCUT2D eigenvalue weighted by atomic mass is 79.9. The molecule has 0 fully saturated rings.